The molecule has 1 aromatic rings. The van der Waals surface area contributed by atoms with Crippen LogP contribution in [-0.4, -0.2) is 72.6 Å². The van der Waals surface area contributed by atoms with Gasteiger partial charge in [0.1, 0.15) is 5.02 Å². The number of nitrogens with zero attached hydrogens (tertiary/aromatic N) is 3. The topological polar surface area (TPSA) is 57.7 Å². The third-order valence-electron chi connectivity index (χ3n) is 4.45. The lowest BCUT2D eigenvalue weighted by Crippen LogP contribution is -2.49. The SMILES string of the molecule is CCOc1ncc(C(=O)N2CCC(N3CCNCC3)C2)cc1Cl. The van der Waals surface area contributed by atoms with Crippen LogP contribution in [0.25, 0.3) is 0 Å². The van der Waals surface area contributed by atoms with E-state index in [1.165, 1.54) is 0 Å². The first-order valence-electron chi connectivity index (χ1n) is 8.21. The lowest BCUT2D eigenvalue weighted by Gasteiger charge is -2.32. The molecule has 1 amide bonds. The monoisotopic (exact) mass is 338 g/mol. The molecule has 1 atom stereocenters. The zero-order valence-corrected chi connectivity index (χ0v) is 14.2. The van der Waals surface area contributed by atoms with Crippen LogP contribution in [0.5, 0.6) is 5.88 Å². The van der Waals surface area contributed by atoms with Crippen LogP contribution in [0.4, 0.5) is 0 Å². The van der Waals surface area contributed by atoms with Gasteiger partial charge < -0.3 is 15.0 Å². The Morgan fingerprint density at radius 1 is 1.43 bits per heavy atom. The summed E-state index contributed by atoms with van der Waals surface area (Å²) in [5, 5.41) is 3.75. The molecule has 1 aromatic heterocycles. The Morgan fingerprint density at radius 3 is 2.91 bits per heavy atom. The van der Waals surface area contributed by atoms with Crippen molar-refractivity contribution >= 4 is 17.5 Å². The van der Waals surface area contributed by atoms with Crippen molar-refractivity contribution in [1.29, 1.82) is 0 Å². The van der Waals surface area contributed by atoms with Gasteiger partial charge in [-0.1, -0.05) is 11.6 Å². The average Bonchev–Trinajstić information content (AvgIpc) is 3.07. The number of rotatable bonds is 4. The first-order valence-corrected chi connectivity index (χ1v) is 8.59. The molecule has 0 aliphatic carbocycles. The van der Waals surface area contributed by atoms with Crippen molar-refractivity contribution in [2.24, 2.45) is 0 Å². The number of ether oxygens (including phenoxy) is 1. The largest absolute Gasteiger partial charge is 0.477 e. The number of carbonyl (C=O) groups excluding carboxylic acids is 1. The molecule has 2 aliphatic heterocycles. The molecule has 126 valence electrons. The Balaban J connectivity index is 1.63. The number of carbonyl (C=O) groups is 1. The fourth-order valence-corrected chi connectivity index (χ4v) is 3.46. The van der Waals surface area contributed by atoms with E-state index in [0.717, 1.165) is 45.7 Å². The molecule has 0 spiro atoms. The first kappa shape index (κ1) is 16.5. The maximum absolute atomic E-state index is 12.7. The summed E-state index contributed by atoms with van der Waals surface area (Å²) in [7, 11) is 0. The number of piperazine rings is 1. The van der Waals surface area contributed by atoms with E-state index in [-0.39, 0.29) is 5.91 Å². The number of hydrogen-bond donors (Lipinski definition) is 1. The molecule has 2 saturated heterocycles. The lowest BCUT2D eigenvalue weighted by molar-refractivity contribution is 0.0773. The Hall–Kier alpha value is -1.37. The summed E-state index contributed by atoms with van der Waals surface area (Å²) in [6.07, 6.45) is 2.58. The summed E-state index contributed by atoms with van der Waals surface area (Å²) in [5.41, 5.74) is 0.527. The van der Waals surface area contributed by atoms with E-state index in [1.54, 1.807) is 12.3 Å². The van der Waals surface area contributed by atoms with Gasteiger partial charge in [-0.15, -0.1) is 0 Å². The average molecular weight is 339 g/mol. The van der Waals surface area contributed by atoms with Gasteiger partial charge >= 0.3 is 0 Å². The molecule has 0 bridgehead atoms. The Bertz CT molecular complexity index is 563. The predicted octanol–water partition coefficient (Wildman–Crippen LogP) is 1.25. The molecular weight excluding hydrogens is 316 g/mol. The standard InChI is InChI=1S/C16H23ClN4O2/c1-2-23-15-14(17)9-12(10-19-15)16(22)21-6-3-13(11-21)20-7-4-18-5-8-20/h9-10,13,18H,2-8,11H2,1H3. The fourth-order valence-electron chi connectivity index (χ4n) is 3.24. The number of aromatic nitrogens is 1. The minimum absolute atomic E-state index is 0.0000768. The first-order chi connectivity index (χ1) is 11.2. The minimum atomic E-state index is 0.0000768. The Kier molecular flexibility index (Phi) is 5.35. The molecule has 23 heavy (non-hydrogen) atoms. The highest BCUT2D eigenvalue weighted by Gasteiger charge is 2.31. The van der Waals surface area contributed by atoms with Crippen LogP contribution in [-0.2, 0) is 0 Å². The summed E-state index contributed by atoms with van der Waals surface area (Å²) in [6, 6.07) is 2.12. The summed E-state index contributed by atoms with van der Waals surface area (Å²) in [4.78, 5) is 21.2. The number of hydrogen-bond acceptors (Lipinski definition) is 5. The number of pyridine rings is 1. The van der Waals surface area contributed by atoms with Gasteiger partial charge in [0.2, 0.25) is 5.88 Å². The fraction of sp³-hybridized carbons (Fsp3) is 0.625. The van der Waals surface area contributed by atoms with Gasteiger partial charge in [0.25, 0.3) is 5.91 Å². The van der Waals surface area contributed by atoms with Crippen LogP contribution in [0, 0.1) is 0 Å². The summed E-state index contributed by atoms with van der Waals surface area (Å²) in [6.45, 7) is 8.12. The number of likely N-dealkylation sites (tertiary alicyclic amines) is 1. The van der Waals surface area contributed by atoms with Crippen molar-refractivity contribution in [3.63, 3.8) is 0 Å². The van der Waals surface area contributed by atoms with Crippen molar-refractivity contribution in [2.45, 2.75) is 19.4 Å². The van der Waals surface area contributed by atoms with Crippen molar-refractivity contribution < 1.29 is 9.53 Å². The molecule has 3 rings (SSSR count). The van der Waals surface area contributed by atoms with Crippen LogP contribution in [0.1, 0.15) is 23.7 Å². The molecule has 6 nitrogen and oxygen atoms in total. The summed E-state index contributed by atoms with van der Waals surface area (Å²) < 4.78 is 5.31. The zero-order valence-electron chi connectivity index (χ0n) is 13.4. The maximum atomic E-state index is 12.7. The highest BCUT2D eigenvalue weighted by atomic mass is 35.5. The highest BCUT2D eigenvalue weighted by Crippen LogP contribution is 2.24. The lowest BCUT2D eigenvalue weighted by atomic mass is 10.2. The van der Waals surface area contributed by atoms with Crippen LogP contribution >= 0.6 is 11.6 Å². The second kappa shape index (κ2) is 7.47. The van der Waals surface area contributed by atoms with Gasteiger partial charge in [0, 0.05) is 51.5 Å². The molecule has 0 aromatic carbocycles. The van der Waals surface area contributed by atoms with Gasteiger partial charge in [-0.25, -0.2) is 4.98 Å². The van der Waals surface area contributed by atoms with E-state index in [4.69, 9.17) is 16.3 Å². The summed E-state index contributed by atoms with van der Waals surface area (Å²) in [5.74, 6) is 0.380. The third kappa shape index (κ3) is 3.76. The zero-order chi connectivity index (χ0) is 16.2. The smallest absolute Gasteiger partial charge is 0.255 e. The summed E-state index contributed by atoms with van der Waals surface area (Å²) >= 11 is 6.14. The molecule has 1 unspecified atom stereocenters. The quantitative estimate of drug-likeness (QED) is 0.895. The molecule has 1 N–H and O–H groups in total. The molecule has 0 saturated carbocycles. The van der Waals surface area contributed by atoms with Crippen LogP contribution in [0.2, 0.25) is 5.02 Å². The van der Waals surface area contributed by atoms with Crippen molar-refractivity contribution in [2.75, 3.05) is 45.9 Å². The van der Waals surface area contributed by atoms with Crippen molar-refractivity contribution in [1.82, 2.24) is 20.1 Å². The Labute approximate surface area is 141 Å². The van der Waals surface area contributed by atoms with E-state index in [1.807, 2.05) is 11.8 Å². The van der Waals surface area contributed by atoms with E-state index < -0.39 is 0 Å². The van der Waals surface area contributed by atoms with Gasteiger partial charge in [-0.2, -0.15) is 0 Å². The second-order valence-corrected chi connectivity index (χ2v) is 6.33. The normalized spacial score (nSPS) is 22.3. The van der Waals surface area contributed by atoms with E-state index in [2.05, 4.69) is 15.2 Å². The third-order valence-corrected chi connectivity index (χ3v) is 4.72. The van der Waals surface area contributed by atoms with Gasteiger partial charge in [0.15, 0.2) is 0 Å². The predicted molar refractivity (Wildman–Crippen MR) is 89.2 cm³/mol. The van der Waals surface area contributed by atoms with E-state index in [9.17, 15) is 4.79 Å². The van der Waals surface area contributed by atoms with Crippen molar-refractivity contribution in [3.05, 3.63) is 22.8 Å². The van der Waals surface area contributed by atoms with Crippen molar-refractivity contribution in [3.8, 4) is 5.88 Å². The van der Waals surface area contributed by atoms with E-state index >= 15 is 0 Å². The van der Waals surface area contributed by atoms with Crippen LogP contribution in [0.15, 0.2) is 12.3 Å². The molecule has 7 heteroatoms. The number of amides is 1. The molecule has 2 fully saturated rings. The van der Waals surface area contributed by atoms with Gasteiger partial charge in [-0.3, -0.25) is 9.69 Å². The van der Waals surface area contributed by atoms with Gasteiger partial charge in [-0.05, 0) is 19.4 Å². The Morgan fingerprint density at radius 2 is 2.22 bits per heavy atom. The molecule has 3 heterocycles. The number of halogens is 1. The van der Waals surface area contributed by atoms with E-state index in [0.29, 0.717) is 29.1 Å². The van der Waals surface area contributed by atoms with Gasteiger partial charge in [0.05, 0.1) is 12.2 Å². The highest BCUT2D eigenvalue weighted by molar-refractivity contribution is 6.32. The maximum Gasteiger partial charge on any atom is 0.255 e. The van der Waals surface area contributed by atoms with Crippen LogP contribution < -0.4 is 10.1 Å². The number of nitrogens with one attached hydrogen (secondary N) is 1. The molecule has 0 radical (unpaired) electrons. The molecule has 2 aliphatic rings. The van der Waals surface area contributed by atoms with Crippen LogP contribution in [0.3, 0.4) is 0 Å². The molecular formula is C16H23ClN4O2. The minimum Gasteiger partial charge on any atom is -0.477 e. The second-order valence-electron chi connectivity index (χ2n) is 5.92.